The van der Waals surface area contributed by atoms with E-state index in [0.29, 0.717) is 34.3 Å². The highest BCUT2D eigenvalue weighted by molar-refractivity contribution is 8.00. The molecule has 32 heavy (non-hydrogen) atoms. The number of aromatic nitrogens is 1. The third-order valence-corrected chi connectivity index (χ3v) is 5.62. The van der Waals surface area contributed by atoms with E-state index in [1.54, 1.807) is 43.6 Å². The lowest BCUT2D eigenvalue weighted by Gasteiger charge is -2.12. The van der Waals surface area contributed by atoms with E-state index in [9.17, 15) is 9.59 Å². The number of anilines is 1. The first-order valence-electron chi connectivity index (χ1n) is 9.93. The van der Waals surface area contributed by atoms with Gasteiger partial charge in [0.15, 0.2) is 0 Å². The molecule has 8 heteroatoms. The SMILES string of the molecule is COc1ccc(NC(=O)CSc2ncccc2C(=O)NCc2ccc(C)cc2)c(OC)c1. The van der Waals surface area contributed by atoms with Crippen molar-refractivity contribution in [3.63, 3.8) is 0 Å². The third-order valence-electron chi connectivity index (χ3n) is 4.61. The van der Waals surface area contributed by atoms with Crippen molar-refractivity contribution >= 4 is 29.3 Å². The predicted octanol–water partition coefficient (Wildman–Crippen LogP) is 4.07. The van der Waals surface area contributed by atoms with Crippen LogP contribution in [0.2, 0.25) is 0 Å². The van der Waals surface area contributed by atoms with Crippen molar-refractivity contribution in [2.24, 2.45) is 0 Å². The molecule has 3 rings (SSSR count). The average molecular weight is 452 g/mol. The fourth-order valence-electron chi connectivity index (χ4n) is 2.88. The number of rotatable bonds is 9. The van der Waals surface area contributed by atoms with Crippen LogP contribution in [0.3, 0.4) is 0 Å². The van der Waals surface area contributed by atoms with Gasteiger partial charge in [-0.3, -0.25) is 9.59 Å². The number of methoxy groups -OCH3 is 2. The van der Waals surface area contributed by atoms with E-state index in [1.165, 1.54) is 18.9 Å². The number of carbonyl (C=O) groups excluding carboxylic acids is 2. The average Bonchev–Trinajstić information content (AvgIpc) is 2.82. The fourth-order valence-corrected chi connectivity index (χ4v) is 3.68. The quantitative estimate of drug-likeness (QED) is 0.477. The number of amides is 2. The van der Waals surface area contributed by atoms with Crippen LogP contribution in [0, 0.1) is 6.92 Å². The van der Waals surface area contributed by atoms with Crippen LogP contribution in [0.25, 0.3) is 0 Å². The normalized spacial score (nSPS) is 10.3. The minimum atomic E-state index is -0.241. The highest BCUT2D eigenvalue weighted by atomic mass is 32.2. The van der Waals surface area contributed by atoms with Crippen LogP contribution in [0.4, 0.5) is 5.69 Å². The molecule has 1 aromatic heterocycles. The smallest absolute Gasteiger partial charge is 0.254 e. The van der Waals surface area contributed by atoms with Crippen molar-refractivity contribution in [1.29, 1.82) is 0 Å². The van der Waals surface area contributed by atoms with E-state index < -0.39 is 0 Å². The maximum Gasteiger partial charge on any atom is 0.254 e. The van der Waals surface area contributed by atoms with E-state index in [2.05, 4.69) is 15.6 Å². The first kappa shape index (κ1) is 23.1. The first-order chi connectivity index (χ1) is 15.5. The van der Waals surface area contributed by atoms with Gasteiger partial charge in [-0.25, -0.2) is 4.98 Å². The number of nitrogens with one attached hydrogen (secondary N) is 2. The summed E-state index contributed by atoms with van der Waals surface area (Å²) in [5.74, 6) is 0.735. The Hall–Kier alpha value is -3.52. The molecule has 0 fully saturated rings. The Balaban J connectivity index is 1.60. The maximum absolute atomic E-state index is 12.7. The van der Waals surface area contributed by atoms with E-state index in [0.717, 1.165) is 11.1 Å². The van der Waals surface area contributed by atoms with E-state index in [-0.39, 0.29) is 17.6 Å². The van der Waals surface area contributed by atoms with Gasteiger partial charge in [-0.05, 0) is 36.8 Å². The Morgan fingerprint density at radius 1 is 1.03 bits per heavy atom. The second-order valence-corrected chi connectivity index (χ2v) is 7.89. The fraction of sp³-hybridized carbons (Fsp3) is 0.208. The van der Waals surface area contributed by atoms with Crippen LogP contribution in [-0.2, 0) is 11.3 Å². The molecule has 0 aliphatic heterocycles. The van der Waals surface area contributed by atoms with Crippen molar-refractivity contribution in [3.05, 3.63) is 77.5 Å². The first-order valence-corrected chi connectivity index (χ1v) is 10.9. The summed E-state index contributed by atoms with van der Waals surface area (Å²) in [5, 5.41) is 6.21. The second-order valence-electron chi connectivity index (χ2n) is 6.93. The molecule has 0 saturated carbocycles. The van der Waals surface area contributed by atoms with Crippen LogP contribution in [0.5, 0.6) is 11.5 Å². The van der Waals surface area contributed by atoms with Crippen LogP contribution >= 0.6 is 11.8 Å². The summed E-state index contributed by atoms with van der Waals surface area (Å²) < 4.78 is 10.5. The molecule has 0 radical (unpaired) electrons. The van der Waals surface area contributed by atoms with Gasteiger partial charge in [-0.15, -0.1) is 0 Å². The highest BCUT2D eigenvalue weighted by Crippen LogP contribution is 2.29. The third kappa shape index (κ3) is 6.24. The van der Waals surface area contributed by atoms with Gasteiger partial charge in [0, 0.05) is 18.8 Å². The topological polar surface area (TPSA) is 89.5 Å². The summed E-state index contributed by atoms with van der Waals surface area (Å²) in [6.45, 7) is 2.43. The van der Waals surface area contributed by atoms with Gasteiger partial charge in [-0.1, -0.05) is 41.6 Å². The number of hydrogen-bond acceptors (Lipinski definition) is 6. The molecule has 0 aliphatic carbocycles. The van der Waals surface area contributed by atoms with Gasteiger partial charge >= 0.3 is 0 Å². The molecule has 2 N–H and O–H groups in total. The number of aryl methyl sites for hydroxylation is 1. The van der Waals surface area contributed by atoms with Crippen LogP contribution in [-0.4, -0.2) is 36.8 Å². The molecule has 0 spiro atoms. The molecule has 0 atom stereocenters. The minimum Gasteiger partial charge on any atom is -0.497 e. The van der Waals surface area contributed by atoms with Gasteiger partial charge in [-0.2, -0.15) is 0 Å². The Bertz CT molecular complexity index is 1090. The molecule has 0 unspecified atom stereocenters. The molecule has 166 valence electrons. The van der Waals surface area contributed by atoms with Crippen LogP contribution in [0.15, 0.2) is 65.8 Å². The van der Waals surface area contributed by atoms with E-state index in [4.69, 9.17) is 9.47 Å². The summed E-state index contributed by atoms with van der Waals surface area (Å²) in [6, 6.07) is 16.5. The van der Waals surface area contributed by atoms with Crippen LogP contribution in [0.1, 0.15) is 21.5 Å². The number of nitrogens with zero attached hydrogens (tertiary/aromatic N) is 1. The number of carbonyl (C=O) groups is 2. The van der Waals surface area contributed by atoms with Crippen molar-refractivity contribution in [1.82, 2.24) is 10.3 Å². The molecule has 0 aliphatic rings. The van der Waals surface area contributed by atoms with Crippen molar-refractivity contribution in [3.8, 4) is 11.5 Å². The number of pyridine rings is 1. The van der Waals surface area contributed by atoms with Gasteiger partial charge < -0.3 is 20.1 Å². The molecule has 3 aromatic rings. The molecule has 1 heterocycles. The van der Waals surface area contributed by atoms with Crippen molar-refractivity contribution in [2.75, 3.05) is 25.3 Å². The molecule has 2 amide bonds. The van der Waals surface area contributed by atoms with Gasteiger partial charge in [0.2, 0.25) is 5.91 Å². The van der Waals surface area contributed by atoms with E-state index in [1.807, 2.05) is 31.2 Å². The highest BCUT2D eigenvalue weighted by Gasteiger charge is 2.15. The monoisotopic (exact) mass is 451 g/mol. The molecular formula is C24H25N3O4S. The van der Waals surface area contributed by atoms with Gasteiger partial charge in [0.05, 0.1) is 31.2 Å². The zero-order chi connectivity index (χ0) is 22.9. The number of thioether (sulfide) groups is 1. The Labute approximate surface area is 191 Å². The lowest BCUT2D eigenvalue weighted by molar-refractivity contribution is -0.113. The molecule has 0 saturated heterocycles. The summed E-state index contributed by atoms with van der Waals surface area (Å²) in [7, 11) is 3.08. The predicted molar refractivity (Wildman–Crippen MR) is 125 cm³/mol. The Morgan fingerprint density at radius 3 is 2.53 bits per heavy atom. The van der Waals surface area contributed by atoms with Gasteiger partial charge in [0.25, 0.3) is 5.91 Å². The second kappa shape index (κ2) is 11.2. The Kier molecular flexibility index (Phi) is 8.10. The lowest BCUT2D eigenvalue weighted by atomic mass is 10.1. The molecular weight excluding hydrogens is 426 g/mol. The number of benzene rings is 2. The zero-order valence-electron chi connectivity index (χ0n) is 18.2. The lowest BCUT2D eigenvalue weighted by Crippen LogP contribution is -2.24. The zero-order valence-corrected chi connectivity index (χ0v) is 19.0. The van der Waals surface area contributed by atoms with Crippen LogP contribution < -0.4 is 20.1 Å². The van der Waals surface area contributed by atoms with Gasteiger partial charge in [0.1, 0.15) is 16.5 Å². The summed E-state index contributed by atoms with van der Waals surface area (Å²) in [5.41, 5.74) is 3.14. The number of hydrogen-bond donors (Lipinski definition) is 2. The summed E-state index contributed by atoms with van der Waals surface area (Å²) >= 11 is 1.20. The van der Waals surface area contributed by atoms with E-state index >= 15 is 0 Å². The largest absolute Gasteiger partial charge is 0.497 e. The summed E-state index contributed by atoms with van der Waals surface area (Å²) in [6.07, 6.45) is 1.60. The Morgan fingerprint density at radius 2 is 1.81 bits per heavy atom. The minimum absolute atomic E-state index is 0.0877. The maximum atomic E-state index is 12.7. The summed E-state index contributed by atoms with van der Waals surface area (Å²) in [4.78, 5) is 29.5. The number of ether oxygens (including phenoxy) is 2. The molecule has 0 bridgehead atoms. The van der Waals surface area contributed by atoms with Crippen molar-refractivity contribution < 1.29 is 19.1 Å². The van der Waals surface area contributed by atoms with Crippen molar-refractivity contribution in [2.45, 2.75) is 18.5 Å². The molecule has 2 aromatic carbocycles. The standard InChI is InChI=1S/C24H25N3O4S/c1-16-6-8-17(9-7-16)14-26-23(29)19-5-4-12-25-24(19)32-15-22(28)27-20-11-10-18(30-2)13-21(20)31-3/h4-13H,14-15H2,1-3H3,(H,26,29)(H,27,28). The molecule has 7 nitrogen and oxygen atoms in total.